The molecule has 0 radical (unpaired) electrons. The predicted octanol–water partition coefficient (Wildman–Crippen LogP) is 3.38. The van der Waals surface area contributed by atoms with Crippen molar-refractivity contribution in [2.24, 2.45) is 0 Å². The van der Waals surface area contributed by atoms with E-state index in [1.807, 2.05) is 5.38 Å². The SMILES string of the molecule is O=C(CCc1ccc(C(F)(F)F)cc1)N1CC(Oc2nccs2)C1. The largest absolute Gasteiger partial charge is 0.463 e. The molecule has 0 unspecified atom stereocenters. The van der Waals surface area contributed by atoms with Gasteiger partial charge in [0.25, 0.3) is 5.19 Å². The monoisotopic (exact) mass is 356 g/mol. The number of hydrogen-bond acceptors (Lipinski definition) is 4. The normalized spacial score (nSPS) is 15.2. The van der Waals surface area contributed by atoms with Gasteiger partial charge in [-0.1, -0.05) is 23.5 Å². The standard InChI is InChI=1S/C16H15F3N2O2S/c17-16(18,19)12-4-1-11(2-5-12)3-6-14(22)21-9-13(10-21)23-15-20-7-8-24-15/h1-2,4-5,7-8,13H,3,6,9-10H2. The maximum Gasteiger partial charge on any atom is 0.416 e. The van der Waals surface area contributed by atoms with Crippen LogP contribution in [0.3, 0.4) is 0 Å². The van der Waals surface area contributed by atoms with Crippen molar-refractivity contribution in [1.82, 2.24) is 9.88 Å². The summed E-state index contributed by atoms with van der Waals surface area (Å²) in [4.78, 5) is 17.8. The van der Waals surface area contributed by atoms with E-state index in [9.17, 15) is 18.0 Å². The highest BCUT2D eigenvalue weighted by molar-refractivity contribution is 7.11. The number of amides is 1. The number of halogens is 3. The van der Waals surface area contributed by atoms with Gasteiger partial charge in [-0.3, -0.25) is 4.79 Å². The summed E-state index contributed by atoms with van der Waals surface area (Å²) >= 11 is 1.40. The van der Waals surface area contributed by atoms with Crippen LogP contribution in [0.5, 0.6) is 5.19 Å². The summed E-state index contributed by atoms with van der Waals surface area (Å²) in [6.45, 7) is 1.04. The number of hydrogen-bond donors (Lipinski definition) is 0. The van der Waals surface area contributed by atoms with E-state index in [4.69, 9.17) is 4.74 Å². The number of nitrogens with zero attached hydrogens (tertiary/aromatic N) is 2. The summed E-state index contributed by atoms with van der Waals surface area (Å²) < 4.78 is 43.1. The van der Waals surface area contributed by atoms with Crippen LogP contribution >= 0.6 is 11.3 Å². The van der Waals surface area contributed by atoms with E-state index < -0.39 is 11.7 Å². The second kappa shape index (κ2) is 6.80. The van der Waals surface area contributed by atoms with Gasteiger partial charge in [-0.25, -0.2) is 4.98 Å². The number of carbonyl (C=O) groups is 1. The average Bonchev–Trinajstić information content (AvgIpc) is 3.01. The molecule has 0 spiro atoms. The van der Waals surface area contributed by atoms with Crippen molar-refractivity contribution in [2.75, 3.05) is 13.1 Å². The highest BCUT2D eigenvalue weighted by Gasteiger charge is 2.32. The minimum absolute atomic E-state index is 0.0195. The van der Waals surface area contributed by atoms with Gasteiger partial charge in [0.1, 0.15) is 6.10 Å². The lowest BCUT2D eigenvalue weighted by atomic mass is 10.1. The average molecular weight is 356 g/mol. The van der Waals surface area contributed by atoms with Gasteiger partial charge in [0.2, 0.25) is 5.91 Å². The van der Waals surface area contributed by atoms with Crippen LogP contribution in [0.1, 0.15) is 17.5 Å². The number of benzene rings is 1. The molecule has 3 rings (SSSR count). The fraction of sp³-hybridized carbons (Fsp3) is 0.375. The van der Waals surface area contributed by atoms with Crippen molar-refractivity contribution < 1.29 is 22.7 Å². The molecule has 0 N–H and O–H groups in total. The Morgan fingerprint density at radius 1 is 1.29 bits per heavy atom. The van der Waals surface area contributed by atoms with Crippen LogP contribution in [-0.4, -0.2) is 35.0 Å². The molecule has 1 fully saturated rings. The Bertz CT molecular complexity index is 680. The molecule has 1 aromatic carbocycles. The van der Waals surface area contributed by atoms with Gasteiger partial charge in [-0.05, 0) is 24.1 Å². The smallest absolute Gasteiger partial charge is 0.416 e. The first-order chi connectivity index (χ1) is 11.4. The van der Waals surface area contributed by atoms with Crippen molar-refractivity contribution in [2.45, 2.75) is 25.1 Å². The van der Waals surface area contributed by atoms with E-state index in [1.54, 1.807) is 11.1 Å². The maximum absolute atomic E-state index is 12.5. The molecule has 0 bridgehead atoms. The Morgan fingerprint density at radius 3 is 2.58 bits per heavy atom. The van der Waals surface area contributed by atoms with Gasteiger partial charge < -0.3 is 9.64 Å². The lowest BCUT2D eigenvalue weighted by Crippen LogP contribution is -2.56. The van der Waals surface area contributed by atoms with Gasteiger partial charge >= 0.3 is 6.18 Å². The highest BCUT2D eigenvalue weighted by Crippen LogP contribution is 2.29. The summed E-state index contributed by atoms with van der Waals surface area (Å²) in [6.07, 6.45) is -2.02. The molecule has 24 heavy (non-hydrogen) atoms. The number of rotatable bonds is 5. The van der Waals surface area contributed by atoms with E-state index in [0.717, 1.165) is 12.1 Å². The quantitative estimate of drug-likeness (QED) is 0.825. The molecule has 1 aliphatic heterocycles. The zero-order valence-corrected chi connectivity index (χ0v) is 13.4. The van der Waals surface area contributed by atoms with E-state index in [2.05, 4.69) is 4.98 Å². The topological polar surface area (TPSA) is 42.4 Å². The molecule has 128 valence electrons. The van der Waals surface area contributed by atoms with Crippen molar-refractivity contribution in [1.29, 1.82) is 0 Å². The molecule has 1 aliphatic rings. The molecular formula is C16H15F3N2O2S. The minimum Gasteiger partial charge on any atom is -0.463 e. The van der Waals surface area contributed by atoms with Gasteiger partial charge in [0.15, 0.2) is 0 Å². The molecule has 1 amide bonds. The first kappa shape index (κ1) is 16.8. The number of ether oxygens (including phenoxy) is 1. The number of likely N-dealkylation sites (tertiary alicyclic amines) is 1. The first-order valence-corrected chi connectivity index (χ1v) is 8.30. The second-order valence-corrected chi connectivity index (χ2v) is 6.39. The van der Waals surface area contributed by atoms with Crippen molar-refractivity contribution in [3.05, 3.63) is 47.0 Å². The summed E-state index contributed by atoms with van der Waals surface area (Å²) in [5, 5.41) is 2.41. The van der Waals surface area contributed by atoms with Gasteiger partial charge in [-0.15, -0.1) is 0 Å². The Balaban J connectivity index is 1.42. The van der Waals surface area contributed by atoms with Crippen LogP contribution in [0, 0.1) is 0 Å². The zero-order chi connectivity index (χ0) is 17.2. The van der Waals surface area contributed by atoms with Crippen LogP contribution in [0.15, 0.2) is 35.8 Å². The third-order valence-corrected chi connectivity index (χ3v) is 4.45. The number of carbonyl (C=O) groups excluding carboxylic acids is 1. The van der Waals surface area contributed by atoms with E-state index in [-0.39, 0.29) is 18.4 Å². The summed E-state index contributed by atoms with van der Waals surface area (Å²) in [6, 6.07) is 4.92. The first-order valence-electron chi connectivity index (χ1n) is 7.42. The van der Waals surface area contributed by atoms with Gasteiger partial charge in [-0.2, -0.15) is 13.2 Å². The lowest BCUT2D eigenvalue weighted by molar-refractivity contribution is -0.140. The minimum atomic E-state index is -4.33. The van der Waals surface area contributed by atoms with Crippen molar-refractivity contribution in [3.8, 4) is 5.19 Å². The highest BCUT2D eigenvalue weighted by atomic mass is 32.1. The van der Waals surface area contributed by atoms with Crippen LogP contribution in [-0.2, 0) is 17.4 Å². The molecule has 1 aromatic heterocycles. The molecule has 1 saturated heterocycles. The van der Waals surface area contributed by atoms with Crippen LogP contribution in [0.2, 0.25) is 0 Å². The van der Waals surface area contributed by atoms with Gasteiger partial charge in [0.05, 0.1) is 18.7 Å². The third-order valence-electron chi connectivity index (χ3n) is 3.79. The van der Waals surface area contributed by atoms with Gasteiger partial charge in [0, 0.05) is 18.0 Å². The number of aryl methyl sites for hydroxylation is 1. The van der Waals surface area contributed by atoms with Crippen LogP contribution in [0.4, 0.5) is 13.2 Å². The Labute approximate surface area is 140 Å². The summed E-state index contributed by atoms with van der Waals surface area (Å²) in [5.41, 5.74) is 0.0370. The third kappa shape index (κ3) is 4.05. The Morgan fingerprint density at radius 2 is 2.00 bits per heavy atom. The van der Waals surface area contributed by atoms with Crippen molar-refractivity contribution in [3.63, 3.8) is 0 Å². The number of alkyl halides is 3. The zero-order valence-electron chi connectivity index (χ0n) is 12.6. The van der Waals surface area contributed by atoms with Crippen molar-refractivity contribution >= 4 is 17.2 Å². The summed E-state index contributed by atoms with van der Waals surface area (Å²) in [7, 11) is 0. The van der Waals surface area contributed by atoms with E-state index in [0.29, 0.717) is 30.3 Å². The Hall–Kier alpha value is -2.09. The molecule has 0 aliphatic carbocycles. The molecule has 0 atom stereocenters. The number of aromatic nitrogens is 1. The number of thiazole rings is 1. The fourth-order valence-electron chi connectivity index (χ4n) is 2.40. The fourth-order valence-corrected chi connectivity index (χ4v) is 2.95. The lowest BCUT2D eigenvalue weighted by Gasteiger charge is -2.38. The van der Waals surface area contributed by atoms with E-state index >= 15 is 0 Å². The second-order valence-electron chi connectivity index (χ2n) is 5.53. The molecule has 8 heteroatoms. The maximum atomic E-state index is 12.5. The predicted molar refractivity (Wildman–Crippen MR) is 82.9 cm³/mol. The van der Waals surface area contributed by atoms with E-state index in [1.165, 1.54) is 23.5 Å². The molecule has 4 nitrogen and oxygen atoms in total. The Kier molecular flexibility index (Phi) is 4.75. The van der Waals surface area contributed by atoms with Crippen LogP contribution in [0.25, 0.3) is 0 Å². The molecule has 2 aromatic rings. The molecule has 0 saturated carbocycles. The molecule has 2 heterocycles. The summed E-state index contributed by atoms with van der Waals surface area (Å²) in [5.74, 6) is -0.0195. The van der Waals surface area contributed by atoms with Crippen LogP contribution < -0.4 is 4.74 Å². The molecular weight excluding hydrogens is 341 g/mol.